The molecule has 4 heteroatoms. The zero-order chi connectivity index (χ0) is 17.8. The molecule has 0 spiro atoms. The van der Waals surface area contributed by atoms with E-state index in [9.17, 15) is 4.79 Å². The summed E-state index contributed by atoms with van der Waals surface area (Å²) in [6, 6.07) is 0. The molecule has 132 valence electrons. The Morgan fingerprint density at radius 3 is 2.88 bits per heavy atom. The van der Waals surface area contributed by atoms with Gasteiger partial charge in [0.15, 0.2) is 5.78 Å². The van der Waals surface area contributed by atoms with Crippen LogP contribution in [0.25, 0.3) is 0 Å². The highest BCUT2D eigenvalue weighted by molar-refractivity contribution is 5.98. The first kappa shape index (κ1) is 20.0. The minimum Gasteiger partial charge on any atom is -0.516 e. The number of aliphatic hydroxyl groups excluding tert-OH is 1. The average molecular weight is 332 g/mol. The van der Waals surface area contributed by atoms with Crippen molar-refractivity contribution >= 4 is 5.78 Å². The van der Waals surface area contributed by atoms with Crippen LogP contribution in [-0.2, 0) is 14.3 Å². The Morgan fingerprint density at radius 1 is 1.42 bits per heavy atom. The fraction of sp³-hybridized carbons (Fsp3) is 0.450. The molecule has 0 fully saturated rings. The van der Waals surface area contributed by atoms with Crippen molar-refractivity contribution in [2.45, 2.75) is 45.6 Å². The normalized spacial score (nSPS) is 18.8. The van der Waals surface area contributed by atoms with Crippen LogP contribution in [0, 0.1) is 0 Å². The molecule has 0 saturated carbocycles. The van der Waals surface area contributed by atoms with E-state index >= 15 is 0 Å². The van der Waals surface area contributed by atoms with E-state index in [0.717, 1.165) is 30.4 Å². The molecule has 0 unspecified atom stereocenters. The van der Waals surface area contributed by atoms with Gasteiger partial charge in [-0.3, -0.25) is 4.79 Å². The van der Waals surface area contributed by atoms with Crippen LogP contribution >= 0.6 is 0 Å². The lowest BCUT2D eigenvalue weighted by Gasteiger charge is -2.16. The maximum absolute atomic E-state index is 12.4. The van der Waals surface area contributed by atoms with E-state index in [1.54, 1.807) is 13.2 Å². The molecule has 0 amide bonds. The molecule has 24 heavy (non-hydrogen) atoms. The second kappa shape index (κ2) is 11.5. The van der Waals surface area contributed by atoms with E-state index in [1.807, 2.05) is 31.2 Å². The molecule has 0 radical (unpaired) electrons. The highest BCUT2D eigenvalue weighted by atomic mass is 16.5. The van der Waals surface area contributed by atoms with Gasteiger partial charge in [0.05, 0.1) is 25.2 Å². The van der Waals surface area contributed by atoms with Gasteiger partial charge in [0, 0.05) is 18.6 Å². The molecule has 0 aliphatic heterocycles. The van der Waals surface area contributed by atoms with Crippen molar-refractivity contribution in [1.29, 1.82) is 0 Å². The summed E-state index contributed by atoms with van der Waals surface area (Å²) in [5.41, 5.74) is 1.64. The first-order valence-corrected chi connectivity index (χ1v) is 8.36. The first-order chi connectivity index (χ1) is 11.6. The third-order valence-electron chi connectivity index (χ3n) is 3.64. The van der Waals surface area contributed by atoms with Crippen molar-refractivity contribution in [3.05, 3.63) is 59.6 Å². The SMILES string of the molecule is CCCO[C@@H]1C=C(C(=O)CCC(=C/C=C/O)/C=C(\C)OC)C=CC1. The number of hydrogen-bond donors (Lipinski definition) is 1. The molecule has 1 aliphatic carbocycles. The standard InChI is InChI=1S/C20H28O4/c1-4-13-24-19-9-5-8-18(15-19)20(22)11-10-17(7-6-12-21)14-16(2)23-3/h5-8,12,14-15,19,21H,4,9-11,13H2,1-3H3/b12-6+,16-14+,17-7-/t19-/m0/s1. The topological polar surface area (TPSA) is 55.8 Å². The second-order valence-electron chi connectivity index (χ2n) is 5.63. The van der Waals surface area contributed by atoms with Crippen LogP contribution in [0.4, 0.5) is 0 Å². The largest absolute Gasteiger partial charge is 0.516 e. The van der Waals surface area contributed by atoms with E-state index in [1.165, 1.54) is 6.08 Å². The zero-order valence-corrected chi connectivity index (χ0v) is 14.8. The summed E-state index contributed by atoms with van der Waals surface area (Å²) in [6.07, 6.45) is 14.7. The van der Waals surface area contributed by atoms with Crippen LogP contribution < -0.4 is 0 Å². The van der Waals surface area contributed by atoms with Crippen molar-refractivity contribution in [3.8, 4) is 0 Å². The molecule has 0 saturated heterocycles. The molecule has 0 heterocycles. The number of ketones is 1. The Bertz CT molecular complexity index is 550. The Morgan fingerprint density at radius 2 is 2.21 bits per heavy atom. The first-order valence-electron chi connectivity index (χ1n) is 8.36. The van der Waals surface area contributed by atoms with Crippen LogP contribution in [0.3, 0.4) is 0 Å². The smallest absolute Gasteiger partial charge is 0.162 e. The van der Waals surface area contributed by atoms with Crippen LogP contribution in [0.15, 0.2) is 59.6 Å². The number of carbonyl (C=O) groups excluding carboxylic acids is 1. The van der Waals surface area contributed by atoms with Gasteiger partial charge in [-0.05, 0) is 50.0 Å². The van der Waals surface area contributed by atoms with Gasteiger partial charge in [-0.1, -0.05) is 25.2 Å². The van der Waals surface area contributed by atoms with Gasteiger partial charge in [-0.2, -0.15) is 0 Å². The van der Waals surface area contributed by atoms with Crippen LogP contribution in [0.1, 0.15) is 39.5 Å². The summed E-state index contributed by atoms with van der Waals surface area (Å²) in [5, 5.41) is 8.81. The summed E-state index contributed by atoms with van der Waals surface area (Å²) in [6.45, 7) is 4.62. The number of Topliss-reactive ketones (excluding diaryl/α,β-unsaturated/α-hetero) is 1. The lowest BCUT2D eigenvalue weighted by atomic mass is 9.97. The van der Waals surface area contributed by atoms with E-state index in [2.05, 4.69) is 6.92 Å². The van der Waals surface area contributed by atoms with Gasteiger partial charge in [0.25, 0.3) is 0 Å². The Labute approximate surface area is 144 Å². The molecule has 4 nitrogen and oxygen atoms in total. The van der Waals surface area contributed by atoms with Gasteiger partial charge >= 0.3 is 0 Å². The average Bonchev–Trinajstić information content (AvgIpc) is 2.61. The van der Waals surface area contributed by atoms with E-state index in [4.69, 9.17) is 14.6 Å². The van der Waals surface area contributed by atoms with E-state index < -0.39 is 0 Å². The van der Waals surface area contributed by atoms with Crippen LogP contribution in [0.5, 0.6) is 0 Å². The second-order valence-corrected chi connectivity index (χ2v) is 5.63. The number of rotatable bonds is 10. The molecule has 0 aromatic heterocycles. The number of hydrogen-bond acceptors (Lipinski definition) is 4. The van der Waals surface area contributed by atoms with Gasteiger partial charge in [-0.15, -0.1) is 0 Å². The monoisotopic (exact) mass is 332 g/mol. The Hall–Kier alpha value is -2.07. The number of carbonyl (C=O) groups is 1. The highest BCUT2D eigenvalue weighted by Gasteiger charge is 2.15. The summed E-state index contributed by atoms with van der Waals surface area (Å²) in [5.74, 6) is 0.850. The summed E-state index contributed by atoms with van der Waals surface area (Å²) in [4.78, 5) is 12.4. The van der Waals surface area contributed by atoms with Gasteiger partial charge in [0.2, 0.25) is 0 Å². The predicted molar refractivity (Wildman–Crippen MR) is 96.7 cm³/mol. The fourth-order valence-corrected chi connectivity index (χ4v) is 2.32. The lowest BCUT2D eigenvalue weighted by molar-refractivity contribution is -0.115. The molecular weight excluding hydrogens is 304 g/mol. The van der Waals surface area contributed by atoms with Crippen molar-refractivity contribution < 1.29 is 19.4 Å². The Kier molecular flexibility index (Phi) is 9.54. The third kappa shape index (κ3) is 7.47. The molecule has 1 aliphatic rings. The number of methoxy groups -OCH3 is 1. The van der Waals surface area contributed by atoms with Gasteiger partial charge in [-0.25, -0.2) is 0 Å². The Balaban J connectivity index is 2.68. The summed E-state index contributed by atoms with van der Waals surface area (Å²) in [7, 11) is 1.60. The lowest BCUT2D eigenvalue weighted by Crippen LogP contribution is -2.15. The fourth-order valence-electron chi connectivity index (χ4n) is 2.32. The van der Waals surface area contributed by atoms with Crippen LogP contribution in [0.2, 0.25) is 0 Å². The molecule has 0 aromatic rings. The van der Waals surface area contributed by atoms with Crippen molar-refractivity contribution in [2.24, 2.45) is 0 Å². The molecule has 1 N–H and O–H groups in total. The highest BCUT2D eigenvalue weighted by Crippen LogP contribution is 2.19. The molecule has 1 atom stereocenters. The third-order valence-corrected chi connectivity index (χ3v) is 3.64. The minimum absolute atomic E-state index is 0.00290. The van der Waals surface area contributed by atoms with Crippen molar-refractivity contribution in [2.75, 3.05) is 13.7 Å². The van der Waals surface area contributed by atoms with Crippen molar-refractivity contribution in [3.63, 3.8) is 0 Å². The number of ether oxygens (including phenoxy) is 2. The quantitative estimate of drug-likeness (QED) is 0.470. The maximum Gasteiger partial charge on any atom is 0.162 e. The predicted octanol–water partition coefficient (Wildman–Crippen LogP) is 4.57. The van der Waals surface area contributed by atoms with Gasteiger partial charge < -0.3 is 14.6 Å². The maximum atomic E-state index is 12.4. The minimum atomic E-state index is -0.00290. The molecular formula is C20H28O4. The number of aliphatic hydroxyl groups is 1. The molecule has 0 bridgehead atoms. The van der Waals surface area contributed by atoms with Crippen molar-refractivity contribution in [1.82, 2.24) is 0 Å². The van der Waals surface area contributed by atoms with E-state index in [0.29, 0.717) is 25.0 Å². The van der Waals surface area contributed by atoms with Gasteiger partial charge in [0.1, 0.15) is 0 Å². The van der Waals surface area contributed by atoms with E-state index in [-0.39, 0.29) is 11.9 Å². The van der Waals surface area contributed by atoms with Crippen LogP contribution in [-0.4, -0.2) is 30.7 Å². The zero-order valence-electron chi connectivity index (χ0n) is 14.8. The summed E-state index contributed by atoms with van der Waals surface area (Å²) >= 11 is 0. The molecule has 0 aromatic carbocycles. The molecule has 1 rings (SSSR count). The summed E-state index contributed by atoms with van der Waals surface area (Å²) < 4.78 is 10.8. The number of allylic oxidation sites excluding steroid dienone is 7.